The van der Waals surface area contributed by atoms with Gasteiger partial charge in [-0.2, -0.15) is 0 Å². The standard InChI is InChI=1S/C23H22ClNO6/c1-12-16-8-9-19(30-3)13(2)21(16)31-23(29)17(12)11-20(26)25-18(22(27)28)10-14-4-6-15(24)7-5-14/h4-9,18H,10-11H2,1-3H3,(H,25,26)(H,27,28)/t18-/m1/s1. The molecule has 1 amide bonds. The van der Waals surface area contributed by atoms with E-state index in [2.05, 4.69) is 5.32 Å². The predicted molar refractivity (Wildman–Crippen MR) is 117 cm³/mol. The van der Waals surface area contributed by atoms with Gasteiger partial charge in [-0.15, -0.1) is 0 Å². The highest BCUT2D eigenvalue weighted by atomic mass is 35.5. The van der Waals surface area contributed by atoms with Crippen molar-refractivity contribution in [2.45, 2.75) is 32.7 Å². The van der Waals surface area contributed by atoms with Crippen LogP contribution in [0.1, 0.15) is 22.3 Å². The van der Waals surface area contributed by atoms with Gasteiger partial charge in [-0.05, 0) is 49.2 Å². The number of fused-ring (bicyclic) bond motifs is 1. The normalized spacial score (nSPS) is 11.9. The number of aliphatic carboxylic acids is 1. The maximum atomic E-state index is 12.6. The summed E-state index contributed by atoms with van der Waals surface area (Å²) in [6, 6.07) is 9.08. The van der Waals surface area contributed by atoms with Crippen LogP contribution in [0.4, 0.5) is 0 Å². The molecule has 1 aromatic heterocycles. The summed E-state index contributed by atoms with van der Waals surface area (Å²) < 4.78 is 10.7. The van der Waals surface area contributed by atoms with Crippen molar-refractivity contribution in [1.82, 2.24) is 5.32 Å². The Hall–Kier alpha value is -3.32. The molecule has 1 atom stereocenters. The van der Waals surface area contributed by atoms with Gasteiger partial charge in [-0.3, -0.25) is 4.79 Å². The number of carboxylic acids is 1. The summed E-state index contributed by atoms with van der Waals surface area (Å²) >= 11 is 5.85. The second kappa shape index (κ2) is 9.22. The van der Waals surface area contributed by atoms with Crippen molar-refractivity contribution in [2.75, 3.05) is 7.11 Å². The molecule has 0 saturated heterocycles. The van der Waals surface area contributed by atoms with Gasteiger partial charge < -0.3 is 19.6 Å². The Labute approximate surface area is 183 Å². The van der Waals surface area contributed by atoms with Gasteiger partial charge in [0.2, 0.25) is 5.91 Å². The van der Waals surface area contributed by atoms with E-state index in [-0.39, 0.29) is 18.4 Å². The van der Waals surface area contributed by atoms with E-state index in [9.17, 15) is 19.5 Å². The van der Waals surface area contributed by atoms with Crippen LogP contribution < -0.4 is 15.7 Å². The summed E-state index contributed by atoms with van der Waals surface area (Å²) in [6.07, 6.45) is -0.206. The number of nitrogens with one attached hydrogen (secondary N) is 1. The fourth-order valence-electron chi connectivity index (χ4n) is 3.46. The molecule has 8 heteroatoms. The Bertz CT molecular complexity index is 1200. The Kier molecular flexibility index (Phi) is 6.65. The Morgan fingerprint density at radius 3 is 2.42 bits per heavy atom. The monoisotopic (exact) mass is 443 g/mol. The molecule has 7 nitrogen and oxygen atoms in total. The van der Waals surface area contributed by atoms with Gasteiger partial charge in [0.05, 0.1) is 19.1 Å². The van der Waals surface area contributed by atoms with Crippen molar-refractivity contribution in [1.29, 1.82) is 0 Å². The van der Waals surface area contributed by atoms with Gasteiger partial charge in [0.1, 0.15) is 17.4 Å². The summed E-state index contributed by atoms with van der Waals surface area (Å²) in [5.41, 5.74) is 1.95. The van der Waals surface area contributed by atoms with E-state index < -0.39 is 23.5 Å². The third-order valence-corrected chi connectivity index (χ3v) is 5.45. The molecule has 2 aromatic carbocycles. The van der Waals surface area contributed by atoms with Gasteiger partial charge in [-0.25, -0.2) is 9.59 Å². The largest absolute Gasteiger partial charge is 0.496 e. The average Bonchev–Trinajstić information content (AvgIpc) is 2.73. The van der Waals surface area contributed by atoms with Crippen LogP contribution in [0.15, 0.2) is 45.6 Å². The molecule has 0 aliphatic rings. The third-order valence-electron chi connectivity index (χ3n) is 5.20. The third kappa shape index (κ3) is 4.88. The maximum Gasteiger partial charge on any atom is 0.340 e. The lowest BCUT2D eigenvalue weighted by Crippen LogP contribution is -2.43. The summed E-state index contributed by atoms with van der Waals surface area (Å²) in [5, 5.41) is 13.2. The number of carbonyl (C=O) groups is 2. The second-order valence-corrected chi connectivity index (χ2v) is 7.66. The molecule has 0 fully saturated rings. The number of rotatable bonds is 7. The molecule has 31 heavy (non-hydrogen) atoms. The SMILES string of the molecule is COc1ccc2c(C)c(CC(=O)N[C@H](Cc3ccc(Cl)cc3)C(=O)O)c(=O)oc2c1C. The number of benzene rings is 2. The number of hydrogen-bond acceptors (Lipinski definition) is 5. The predicted octanol–water partition coefficient (Wildman–Crippen LogP) is 3.43. The molecule has 162 valence electrons. The van der Waals surface area contributed by atoms with E-state index in [4.69, 9.17) is 20.8 Å². The van der Waals surface area contributed by atoms with E-state index in [1.54, 1.807) is 50.2 Å². The van der Waals surface area contributed by atoms with Crippen LogP contribution >= 0.6 is 11.6 Å². The summed E-state index contributed by atoms with van der Waals surface area (Å²) in [6.45, 7) is 3.51. The Morgan fingerprint density at radius 2 is 1.81 bits per heavy atom. The van der Waals surface area contributed by atoms with Crippen LogP contribution in [0.2, 0.25) is 5.02 Å². The van der Waals surface area contributed by atoms with Gasteiger partial charge in [0, 0.05) is 22.4 Å². The van der Waals surface area contributed by atoms with Crippen molar-refractivity contribution in [2.24, 2.45) is 0 Å². The molecule has 3 rings (SSSR count). The van der Waals surface area contributed by atoms with Crippen molar-refractivity contribution in [3.63, 3.8) is 0 Å². The van der Waals surface area contributed by atoms with Crippen molar-refractivity contribution >= 4 is 34.4 Å². The first-order valence-electron chi connectivity index (χ1n) is 9.57. The van der Waals surface area contributed by atoms with E-state index >= 15 is 0 Å². The van der Waals surface area contributed by atoms with Crippen LogP contribution in [-0.4, -0.2) is 30.1 Å². The number of carbonyl (C=O) groups excluding carboxylic acids is 1. The first-order chi connectivity index (χ1) is 14.7. The van der Waals surface area contributed by atoms with E-state index in [0.29, 0.717) is 38.4 Å². The minimum Gasteiger partial charge on any atom is -0.496 e. The molecule has 0 spiro atoms. The smallest absolute Gasteiger partial charge is 0.340 e. The number of amides is 1. The van der Waals surface area contributed by atoms with Gasteiger partial charge in [0.25, 0.3) is 0 Å². The molecule has 0 aliphatic carbocycles. The van der Waals surface area contributed by atoms with E-state index in [1.165, 1.54) is 7.11 Å². The fraction of sp³-hybridized carbons (Fsp3) is 0.261. The molecule has 2 N–H and O–H groups in total. The summed E-state index contributed by atoms with van der Waals surface area (Å²) in [7, 11) is 1.53. The molecule has 0 bridgehead atoms. The van der Waals surface area contributed by atoms with Crippen LogP contribution in [0, 0.1) is 13.8 Å². The molecular formula is C23H22ClNO6. The first-order valence-corrected chi connectivity index (χ1v) is 9.95. The lowest BCUT2D eigenvalue weighted by Gasteiger charge is -2.16. The number of ether oxygens (including phenoxy) is 1. The number of carboxylic acid groups (broad SMARTS) is 1. The minimum atomic E-state index is -1.17. The van der Waals surface area contributed by atoms with E-state index in [1.807, 2.05) is 0 Å². The quantitative estimate of drug-likeness (QED) is 0.542. The zero-order chi connectivity index (χ0) is 22.7. The molecule has 3 aromatic rings. The number of methoxy groups -OCH3 is 1. The molecule has 0 unspecified atom stereocenters. The lowest BCUT2D eigenvalue weighted by atomic mass is 10.0. The van der Waals surface area contributed by atoms with Gasteiger partial charge >= 0.3 is 11.6 Å². The van der Waals surface area contributed by atoms with Crippen molar-refractivity contribution < 1.29 is 23.8 Å². The maximum absolute atomic E-state index is 12.6. The number of halogens is 1. The van der Waals surface area contributed by atoms with Crippen LogP contribution in [0.5, 0.6) is 5.75 Å². The van der Waals surface area contributed by atoms with E-state index in [0.717, 1.165) is 0 Å². The van der Waals surface area contributed by atoms with Crippen LogP contribution in [0.25, 0.3) is 11.0 Å². The molecule has 0 saturated carbocycles. The van der Waals surface area contributed by atoms with Gasteiger partial charge in [0.15, 0.2) is 0 Å². The van der Waals surface area contributed by atoms with Crippen LogP contribution in [-0.2, 0) is 22.4 Å². The summed E-state index contributed by atoms with van der Waals surface area (Å²) in [5.74, 6) is -1.17. The fourth-order valence-corrected chi connectivity index (χ4v) is 3.58. The topological polar surface area (TPSA) is 106 Å². The van der Waals surface area contributed by atoms with Crippen molar-refractivity contribution in [3.8, 4) is 5.75 Å². The average molecular weight is 444 g/mol. The Morgan fingerprint density at radius 1 is 1.13 bits per heavy atom. The molecule has 0 radical (unpaired) electrons. The number of hydrogen-bond donors (Lipinski definition) is 2. The summed E-state index contributed by atoms with van der Waals surface area (Å²) in [4.78, 5) is 36.8. The minimum absolute atomic E-state index is 0.0859. The van der Waals surface area contributed by atoms with Gasteiger partial charge in [-0.1, -0.05) is 23.7 Å². The van der Waals surface area contributed by atoms with Crippen LogP contribution in [0.3, 0.4) is 0 Å². The van der Waals surface area contributed by atoms with Crippen molar-refractivity contribution in [3.05, 3.63) is 74.1 Å². The zero-order valence-electron chi connectivity index (χ0n) is 17.3. The molecule has 1 heterocycles. The molecular weight excluding hydrogens is 422 g/mol. The molecule has 0 aliphatic heterocycles. The number of aryl methyl sites for hydroxylation is 2. The first kappa shape index (κ1) is 22.4. The second-order valence-electron chi connectivity index (χ2n) is 7.23. The highest BCUT2D eigenvalue weighted by Crippen LogP contribution is 2.29. The highest BCUT2D eigenvalue weighted by molar-refractivity contribution is 6.30. The lowest BCUT2D eigenvalue weighted by molar-refractivity contribution is -0.141. The zero-order valence-corrected chi connectivity index (χ0v) is 18.1. The highest BCUT2D eigenvalue weighted by Gasteiger charge is 2.23. The Balaban J connectivity index is 1.83.